The minimum Gasteiger partial charge on any atom is -0.488 e. The summed E-state index contributed by atoms with van der Waals surface area (Å²) in [6, 6.07) is 12.7. The quantitative estimate of drug-likeness (QED) is 0.0795. The highest BCUT2D eigenvalue weighted by molar-refractivity contribution is 8.16. The lowest BCUT2D eigenvalue weighted by atomic mass is 10.0. The van der Waals surface area contributed by atoms with Gasteiger partial charge in [-0.1, -0.05) is 43.3 Å². The number of carbonyl (C=O) groups excluding carboxylic acids is 1. The van der Waals surface area contributed by atoms with Gasteiger partial charge in [0, 0.05) is 17.0 Å². The van der Waals surface area contributed by atoms with Crippen LogP contribution >= 0.6 is 23.5 Å². The van der Waals surface area contributed by atoms with Gasteiger partial charge in [0.2, 0.25) is 0 Å². The molecule has 0 saturated heterocycles. The third-order valence-electron chi connectivity index (χ3n) is 5.52. The van der Waals surface area contributed by atoms with Crippen molar-refractivity contribution in [3.63, 3.8) is 0 Å². The maximum absolute atomic E-state index is 12.4. The summed E-state index contributed by atoms with van der Waals surface area (Å²) in [6.07, 6.45) is 2.06. The van der Waals surface area contributed by atoms with Gasteiger partial charge in [0.25, 0.3) is 0 Å². The Kier molecular flexibility index (Phi) is 11.0. The number of aryl methyl sites for hydroxylation is 1. The van der Waals surface area contributed by atoms with Crippen molar-refractivity contribution >= 4 is 46.2 Å². The molecule has 0 aliphatic carbocycles. The van der Waals surface area contributed by atoms with E-state index in [4.69, 9.17) is 18.7 Å². The smallest absolute Gasteiger partial charge is 0.360 e. The molecule has 3 rings (SSSR count). The van der Waals surface area contributed by atoms with E-state index in [2.05, 4.69) is 19.0 Å². The number of thioether (sulfide) groups is 2. The monoisotopic (exact) mass is 543 g/mol. The van der Waals surface area contributed by atoms with Crippen LogP contribution in [0.25, 0.3) is 11.0 Å². The molecule has 0 N–H and O–H groups in total. The number of hydrogen-bond acceptors (Lipinski definition) is 9. The summed E-state index contributed by atoms with van der Waals surface area (Å²) in [7, 11) is 2.67. The van der Waals surface area contributed by atoms with Crippen LogP contribution in [0.2, 0.25) is 0 Å². The molecule has 198 valence electrons. The molecule has 9 heteroatoms. The van der Waals surface area contributed by atoms with Gasteiger partial charge in [0.1, 0.15) is 25.0 Å². The Balaban J connectivity index is 2.09. The van der Waals surface area contributed by atoms with Gasteiger partial charge in [0.05, 0.1) is 17.3 Å². The van der Waals surface area contributed by atoms with Crippen LogP contribution < -0.4 is 10.4 Å². The highest BCUT2D eigenvalue weighted by Gasteiger charge is 2.24. The second kappa shape index (κ2) is 14.1. The molecule has 0 amide bonds. The predicted octanol–water partition coefficient (Wildman–Crippen LogP) is 6.49. The molecule has 0 unspecified atom stereocenters. The first-order valence-electron chi connectivity index (χ1n) is 12.2. The molecule has 1 heterocycles. The molecule has 0 spiro atoms. The molecule has 0 atom stereocenters. The van der Waals surface area contributed by atoms with Gasteiger partial charge in [-0.05, 0) is 54.5 Å². The van der Waals surface area contributed by atoms with Crippen LogP contribution in [0.3, 0.4) is 0 Å². The first-order valence-corrected chi connectivity index (χ1v) is 14.3. The van der Waals surface area contributed by atoms with E-state index in [0.29, 0.717) is 16.9 Å². The van der Waals surface area contributed by atoms with Crippen LogP contribution in [0.15, 0.2) is 56.8 Å². The normalized spacial score (nSPS) is 11.7. The van der Waals surface area contributed by atoms with E-state index < -0.39 is 5.97 Å². The fourth-order valence-electron chi connectivity index (χ4n) is 3.82. The largest absolute Gasteiger partial charge is 0.488 e. The van der Waals surface area contributed by atoms with Crippen LogP contribution in [0, 0.1) is 6.92 Å². The number of oxime groups is 1. The van der Waals surface area contributed by atoms with Gasteiger partial charge in [-0.2, -0.15) is 0 Å². The Morgan fingerprint density at radius 2 is 1.76 bits per heavy atom. The van der Waals surface area contributed by atoms with Crippen molar-refractivity contribution in [2.24, 2.45) is 5.16 Å². The average molecular weight is 544 g/mol. The van der Waals surface area contributed by atoms with E-state index >= 15 is 0 Å². The second-order valence-corrected chi connectivity index (χ2v) is 11.0. The van der Waals surface area contributed by atoms with Crippen LogP contribution in [-0.2, 0) is 21.0 Å². The molecule has 0 bridgehead atoms. The number of nitrogens with zero attached hydrogens (tertiary/aromatic N) is 1. The van der Waals surface area contributed by atoms with Gasteiger partial charge < -0.3 is 18.7 Å². The Hall–Kier alpha value is -2.91. The van der Waals surface area contributed by atoms with E-state index in [1.165, 1.54) is 20.3 Å². The molecule has 0 fully saturated rings. The van der Waals surface area contributed by atoms with Crippen molar-refractivity contribution in [3.8, 4) is 5.75 Å². The summed E-state index contributed by atoms with van der Waals surface area (Å²) >= 11 is 3.65. The molecular formula is C28H33NO6S2. The molecule has 2 aromatic carbocycles. The van der Waals surface area contributed by atoms with Crippen molar-refractivity contribution in [1.82, 2.24) is 0 Å². The molecule has 1 aromatic heterocycles. The van der Waals surface area contributed by atoms with Crippen molar-refractivity contribution in [2.75, 3.05) is 25.7 Å². The number of esters is 1. The fraction of sp³-hybridized carbons (Fsp3) is 0.393. The minimum absolute atomic E-state index is 0.0273. The summed E-state index contributed by atoms with van der Waals surface area (Å²) in [4.78, 5) is 29.6. The summed E-state index contributed by atoms with van der Waals surface area (Å²) in [5.41, 5.74) is 3.25. The molecule has 0 aliphatic rings. The Morgan fingerprint density at radius 3 is 2.41 bits per heavy atom. The number of rotatable bonds is 13. The fourth-order valence-corrected chi connectivity index (χ4v) is 6.46. The molecule has 37 heavy (non-hydrogen) atoms. The lowest BCUT2D eigenvalue weighted by Gasteiger charge is -2.22. The third-order valence-corrected chi connectivity index (χ3v) is 8.70. The van der Waals surface area contributed by atoms with Gasteiger partial charge in [-0.25, -0.2) is 9.59 Å². The van der Waals surface area contributed by atoms with Crippen molar-refractivity contribution in [1.29, 1.82) is 0 Å². The first kappa shape index (κ1) is 28.7. The third kappa shape index (κ3) is 7.11. The number of hydrogen-bond donors (Lipinski definition) is 0. The highest BCUT2D eigenvalue weighted by Crippen LogP contribution is 2.47. The Morgan fingerprint density at radius 1 is 1.05 bits per heavy atom. The van der Waals surface area contributed by atoms with Gasteiger partial charge in [-0.3, -0.25) is 0 Å². The van der Waals surface area contributed by atoms with E-state index in [9.17, 15) is 9.59 Å². The number of ether oxygens (including phenoxy) is 2. The van der Waals surface area contributed by atoms with Gasteiger partial charge in [0.15, 0.2) is 5.71 Å². The predicted molar refractivity (Wildman–Crippen MR) is 152 cm³/mol. The zero-order valence-electron chi connectivity index (χ0n) is 21.9. The second-order valence-electron chi connectivity index (χ2n) is 8.24. The maximum Gasteiger partial charge on any atom is 0.360 e. The number of methoxy groups -OCH3 is 1. The average Bonchev–Trinajstić information content (AvgIpc) is 2.90. The molecule has 7 nitrogen and oxygen atoms in total. The zero-order chi connectivity index (χ0) is 26.8. The summed E-state index contributed by atoms with van der Waals surface area (Å²) in [5.74, 6) is 1.96. The Labute approximate surface area is 225 Å². The Bertz CT molecular complexity index is 1300. The van der Waals surface area contributed by atoms with Gasteiger partial charge >= 0.3 is 11.6 Å². The lowest BCUT2D eigenvalue weighted by molar-refractivity contribution is -0.132. The molecule has 0 saturated carbocycles. The van der Waals surface area contributed by atoms with Crippen molar-refractivity contribution < 1.29 is 23.5 Å². The van der Waals surface area contributed by atoms with Crippen molar-refractivity contribution in [2.45, 2.75) is 44.8 Å². The topological polar surface area (TPSA) is 87.3 Å². The van der Waals surface area contributed by atoms with E-state index in [1.807, 2.05) is 60.8 Å². The molecule has 3 aromatic rings. The zero-order valence-corrected chi connectivity index (χ0v) is 23.5. The van der Waals surface area contributed by atoms with Crippen LogP contribution in [0.5, 0.6) is 5.75 Å². The SMILES string of the molecule is CCCSC(SCCC)c1c(OCc2ccccc2/C(=N\OC)C(=O)OC)ccc2c(C)cc(=O)oc12. The van der Waals surface area contributed by atoms with E-state index in [1.54, 1.807) is 6.07 Å². The number of benzene rings is 2. The molecule has 0 aliphatic heterocycles. The van der Waals surface area contributed by atoms with E-state index in [0.717, 1.165) is 46.4 Å². The first-order chi connectivity index (χ1) is 17.9. The molecule has 0 radical (unpaired) electrons. The van der Waals surface area contributed by atoms with Crippen molar-refractivity contribution in [3.05, 3.63) is 75.1 Å². The van der Waals surface area contributed by atoms with Crippen LogP contribution in [0.1, 0.15) is 53.5 Å². The van der Waals surface area contributed by atoms with Gasteiger partial charge in [-0.15, -0.1) is 23.5 Å². The summed E-state index contributed by atoms with van der Waals surface area (Å²) in [5, 5.41) is 4.78. The van der Waals surface area contributed by atoms with Crippen LogP contribution in [-0.4, -0.2) is 37.4 Å². The van der Waals surface area contributed by atoms with E-state index in [-0.39, 0.29) is 22.5 Å². The highest BCUT2D eigenvalue weighted by atomic mass is 32.2. The molecular weight excluding hydrogens is 510 g/mol. The standard InChI is InChI=1S/C28H33NO6S2/c1-6-14-36-28(37-15-7-2)24-22(13-12-20-18(3)16-23(30)35-26(20)24)34-17-19-10-8-9-11-21(19)25(29-33-5)27(31)32-4/h8-13,16,28H,6-7,14-15,17H2,1-5H3/b29-25+. The maximum atomic E-state index is 12.4. The summed E-state index contributed by atoms with van der Waals surface area (Å²) in [6.45, 7) is 6.37. The minimum atomic E-state index is -0.607. The number of fused-ring (bicyclic) bond motifs is 1. The van der Waals surface area contributed by atoms with Crippen LogP contribution in [0.4, 0.5) is 0 Å². The lowest BCUT2D eigenvalue weighted by Crippen LogP contribution is -2.20. The summed E-state index contributed by atoms with van der Waals surface area (Å²) < 4.78 is 17.1. The number of carbonyl (C=O) groups is 1.